The van der Waals surface area contributed by atoms with Gasteiger partial charge < -0.3 is 9.84 Å². The predicted octanol–water partition coefficient (Wildman–Crippen LogP) is 4.52. The third-order valence-electron chi connectivity index (χ3n) is 4.84. The molecule has 0 saturated heterocycles. The van der Waals surface area contributed by atoms with Gasteiger partial charge in [0.15, 0.2) is 0 Å². The van der Waals surface area contributed by atoms with E-state index < -0.39 is 0 Å². The number of carbonyl (C=O) groups excluding carboxylic acids is 1. The molecule has 1 amide bonds. The molecule has 0 radical (unpaired) electrons. The number of carbonyl (C=O) groups is 1. The van der Waals surface area contributed by atoms with Gasteiger partial charge in [-0.1, -0.05) is 47.6 Å². The van der Waals surface area contributed by atoms with E-state index in [1.165, 1.54) is 0 Å². The number of nitrogens with zero attached hydrogens (tertiary/aromatic N) is 4. The van der Waals surface area contributed by atoms with Gasteiger partial charge in [-0.15, -0.1) is 0 Å². The topological polar surface area (TPSA) is 93.8 Å². The van der Waals surface area contributed by atoms with Crippen LogP contribution >= 0.6 is 0 Å². The molecule has 7 heteroatoms. The van der Waals surface area contributed by atoms with Crippen molar-refractivity contribution in [3.8, 4) is 11.4 Å². The SMILES string of the molecule is O=C(Nc1ccccc1Cc1nc(-c2ccncc2)no1)c1ccc2ccccc2n1. The van der Waals surface area contributed by atoms with Crippen LogP contribution in [0, 0.1) is 0 Å². The van der Waals surface area contributed by atoms with Gasteiger partial charge in [-0.05, 0) is 35.9 Å². The fourth-order valence-corrected chi connectivity index (χ4v) is 3.28. The third-order valence-corrected chi connectivity index (χ3v) is 4.84. The highest BCUT2D eigenvalue weighted by Gasteiger charge is 2.14. The lowest BCUT2D eigenvalue weighted by molar-refractivity contribution is 0.102. The summed E-state index contributed by atoms with van der Waals surface area (Å²) in [6, 6.07) is 22.5. The molecule has 3 heterocycles. The van der Waals surface area contributed by atoms with Gasteiger partial charge in [0.1, 0.15) is 5.69 Å². The molecule has 31 heavy (non-hydrogen) atoms. The first kappa shape index (κ1) is 18.6. The number of pyridine rings is 2. The normalized spacial score (nSPS) is 10.8. The summed E-state index contributed by atoms with van der Waals surface area (Å²) < 4.78 is 5.41. The minimum atomic E-state index is -0.277. The van der Waals surface area contributed by atoms with E-state index in [1.54, 1.807) is 18.5 Å². The molecule has 2 aromatic carbocycles. The van der Waals surface area contributed by atoms with Crippen molar-refractivity contribution >= 4 is 22.5 Å². The molecule has 0 aliphatic carbocycles. The first-order valence-electron chi connectivity index (χ1n) is 9.74. The number of para-hydroxylation sites is 2. The Morgan fingerprint density at radius 1 is 0.871 bits per heavy atom. The fourth-order valence-electron chi connectivity index (χ4n) is 3.28. The van der Waals surface area contributed by atoms with E-state index in [-0.39, 0.29) is 5.91 Å². The summed E-state index contributed by atoms with van der Waals surface area (Å²) in [7, 11) is 0. The van der Waals surface area contributed by atoms with Crippen molar-refractivity contribution in [1.82, 2.24) is 20.1 Å². The lowest BCUT2D eigenvalue weighted by Gasteiger charge is -2.10. The molecule has 0 saturated carbocycles. The van der Waals surface area contributed by atoms with Gasteiger partial charge >= 0.3 is 0 Å². The minimum absolute atomic E-state index is 0.277. The van der Waals surface area contributed by atoms with E-state index in [0.29, 0.717) is 29.5 Å². The highest BCUT2D eigenvalue weighted by Crippen LogP contribution is 2.21. The van der Waals surface area contributed by atoms with Gasteiger partial charge in [0, 0.05) is 29.0 Å². The standard InChI is InChI=1S/C24H17N5O2/c30-24(21-10-9-16-5-1-3-7-19(16)26-21)27-20-8-4-2-6-18(20)15-22-28-23(29-31-22)17-11-13-25-14-12-17/h1-14H,15H2,(H,27,30). The number of rotatable bonds is 5. The van der Waals surface area contributed by atoms with E-state index in [0.717, 1.165) is 22.0 Å². The maximum absolute atomic E-state index is 12.8. The molecule has 0 unspecified atom stereocenters. The van der Waals surface area contributed by atoms with Crippen LogP contribution in [-0.2, 0) is 6.42 Å². The molecule has 7 nitrogen and oxygen atoms in total. The van der Waals surface area contributed by atoms with Crippen LogP contribution < -0.4 is 5.32 Å². The molecule has 0 atom stereocenters. The van der Waals surface area contributed by atoms with Gasteiger partial charge in [-0.2, -0.15) is 4.98 Å². The van der Waals surface area contributed by atoms with Gasteiger partial charge in [-0.3, -0.25) is 9.78 Å². The largest absolute Gasteiger partial charge is 0.339 e. The Morgan fingerprint density at radius 2 is 1.68 bits per heavy atom. The van der Waals surface area contributed by atoms with Gasteiger partial charge in [0.05, 0.1) is 11.9 Å². The third kappa shape index (κ3) is 4.02. The number of nitrogens with one attached hydrogen (secondary N) is 1. The van der Waals surface area contributed by atoms with Crippen molar-refractivity contribution in [2.45, 2.75) is 6.42 Å². The molecule has 0 fully saturated rings. The number of hydrogen-bond acceptors (Lipinski definition) is 6. The molecule has 0 aliphatic heterocycles. The average molecular weight is 407 g/mol. The Morgan fingerprint density at radius 3 is 2.58 bits per heavy atom. The molecule has 3 aromatic heterocycles. The fraction of sp³-hybridized carbons (Fsp3) is 0.0417. The second-order valence-electron chi connectivity index (χ2n) is 6.92. The van der Waals surface area contributed by atoms with Crippen LogP contribution in [0.2, 0.25) is 0 Å². The summed E-state index contributed by atoms with van der Waals surface area (Å²) >= 11 is 0. The summed E-state index contributed by atoms with van der Waals surface area (Å²) in [5.41, 5.74) is 3.49. The number of amides is 1. The number of hydrogen-bond donors (Lipinski definition) is 1. The average Bonchev–Trinajstić information content (AvgIpc) is 3.29. The summed E-state index contributed by atoms with van der Waals surface area (Å²) in [4.78, 5) is 25.7. The lowest BCUT2D eigenvalue weighted by atomic mass is 10.1. The highest BCUT2D eigenvalue weighted by atomic mass is 16.5. The molecular weight excluding hydrogens is 390 g/mol. The van der Waals surface area contributed by atoms with Crippen LogP contribution in [0.25, 0.3) is 22.3 Å². The molecule has 0 aliphatic rings. The Kier molecular flexibility index (Phi) is 4.90. The van der Waals surface area contributed by atoms with Gasteiger partial charge in [-0.25, -0.2) is 4.98 Å². The van der Waals surface area contributed by atoms with E-state index in [9.17, 15) is 4.79 Å². The quantitative estimate of drug-likeness (QED) is 0.460. The maximum atomic E-state index is 12.8. The zero-order valence-electron chi connectivity index (χ0n) is 16.4. The van der Waals surface area contributed by atoms with E-state index >= 15 is 0 Å². The Hall–Kier alpha value is -4.39. The van der Waals surface area contributed by atoms with E-state index in [2.05, 4.69) is 25.4 Å². The van der Waals surface area contributed by atoms with Crippen molar-refractivity contribution < 1.29 is 9.32 Å². The Labute approximate surface area is 177 Å². The minimum Gasteiger partial charge on any atom is -0.339 e. The molecule has 0 bridgehead atoms. The Balaban J connectivity index is 1.37. The first-order valence-corrected chi connectivity index (χ1v) is 9.74. The van der Waals surface area contributed by atoms with Crippen molar-refractivity contribution in [2.75, 3.05) is 5.32 Å². The number of anilines is 1. The van der Waals surface area contributed by atoms with Crippen LogP contribution in [0.15, 0.2) is 89.7 Å². The van der Waals surface area contributed by atoms with Crippen LogP contribution in [-0.4, -0.2) is 26.0 Å². The van der Waals surface area contributed by atoms with E-state index in [1.807, 2.05) is 66.7 Å². The number of benzene rings is 2. The molecule has 5 aromatic rings. The van der Waals surface area contributed by atoms with Crippen LogP contribution in [0.3, 0.4) is 0 Å². The number of aromatic nitrogens is 4. The lowest BCUT2D eigenvalue weighted by Crippen LogP contribution is -2.15. The second-order valence-corrected chi connectivity index (χ2v) is 6.92. The molecule has 1 N–H and O–H groups in total. The highest BCUT2D eigenvalue weighted by molar-refractivity contribution is 6.04. The molecule has 5 rings (SSSR count). The molecule has 0 spiro atoms. The maximum Gasteiger partial charge on any atom is 0.274 e. The smallest absolute Gasteiger partial charge is 0.274 e. The zero-order valence-corrected chi connectivity index (χ0v) is 16.4. The van der Waals surface area contributed by atoms with Gasteiger partial charge in [0.25, 0.3) is 5.91 Å². The van der Waals surface area contributed by atoms with Crippen molar-refractivity contribution in [3.05, 3.63) is 102 Å². The molecular formula is C24H17N5O2. The number of fused-ring (bicyclic) bond motifs is 1. The first-order chi connectivity index (χ1) is 15.3. The Bertz CT molecular complexity index is 1360. The summed E-state index contributed by atoms with van der Waals surface area (Å²) in [5.74, 6) is 0.679. The predicted molar refractivity (Wildman–Crippen MR) is 116 cm³/mol. The van der Waals surface area contributed by atoms with Crippen LogP contribution in [0.4, 0.5) is 5.69 Å². The second kappa shape index (κ2) is 8.16. The van der Waals surface area contributed by atoms with Crippen LogP contribution in [0.5, 0.6) is 0 Å². The van der Waals surface area contributed by atoms with Crippen LogP contribution in [0.1, 0.15) is 21.9 Å². The summed E-state index contributed by atoms with van der Waals surface area (Å²) in [5, 5.41) is 7.98. The molecule has 150 valence electrons. The van der Waals surface area contributed by atoms with Gasteiger partial charge in [0.2, 0.25) is 11.7 Å². The van der Waals surface area contributed by atoms with E-state index in [4.69, 9.17) is 4.52 Å². The van der Waals surface area contributed by atoms with Crippen molar-refractivity contribution in [3.63, 3.8) is 0 Å². The monoisotopic (exact) mass is 407 g/mol. The van der Waals surface area contributed by atoms with Crippen molar-refractivity contribution in [1.29, 1.82) is 0 Å². The summed E-state index contributed by atoms with van der Waals surface area (Å²) in [6.45, 7) is 0. The van der Waals surface area contributed by atoms with Crippen molar-refractivity contribution in [2.24, 2.45) is 0 Å². The summed E-state index contributed by atoms with van der Waals surface area (Å²) in [6.07, 6.45) is 3.74. The zero-order chi connectivity index (χ0) is 21.0.